The van der Waals surface area contributed by atoms with Gasteiger partial charge in [-0.15, -0.1) is 0 Å². The van der Waals surface area contributed by atoms with E-state index in [0.29, 0.717) is 13.0 Å². The van der Waals surface area contributed by atoms with E-state index in [9.17, 15) is 9.90 Å². The van der Waals surface area contributed by atoms with Gasteiger partial charge < -0.3 is 20.9 Å². The van der Waals surface area contributed by atoms with E-state index in [1.807, 2.05) is 6.92 Å². The maximum absolute atomic E-state index is 11.3. The van der Waals surface area contributed by atoms with Crippen molar-refractivity contribution in [2.45, 2.75) is 31.5 Å². The molecule has 13 heavy (non-hydrogen) atoms. The number of hydrogen-bond acceptors (Lipinski definition) is 4. The smallest absolute Gasteiger partial charge is 0.237 e. The maximum atomic E-state index is 11.3. The van der Waals surface area contributed by atoms with E-state index in [4.69, 9.17) is 10.5 Å². The summed E-state index contributed by atoms with van der Waals surface area (Å²) in [4.78, 5) is 11.3. The van der Waals surface area contributed by atoms with Gasteiger partial charge in [0.1, 0.15) is 0 Å². The highest BCUT2D eigenvalue weighted by Gasteiger charge is 2.28. The lowest BCUT2D eigenvalue weighted by Gasteiger charge is -2.16. The van der Waals surface area contributed by atoms with Gasteiger partial charge >= 0.3 is 0 Å². The lowest BCUT2D eigenvalue weighted by molar-refractivity contribution is -0.123. The van der Waals surface area contributed by atoms with Crippen molar-refractivity contribution in [2.24, 2.45) is 5.73 Å². The summed E-state index contributed by atoms with van der Waals surface area (Å²) in [5.74, 6) is -0.225. The van der Waals surface area contributed by atoms with Gasteiger partial charge in [-0.1, -0.05) is 6.92 Å². The Morgan fingerprint density at radius 2 is 2.46 bits per heavy atom. The molecule has 1 saturated heterocycles. The minimum absolute atomic E-state index is 0.225. The fraction of sp³-hybridized carbons (Fsp3) is 0.875. The quantitative estimate of drug-likeness (QED) is 0.508. The molecule has 1 amide bonds. The van der Waals surface area contributed by atoms with Gasteiger partial charge in [0.15, 0.2) is 0 Å². The van der Waals surface area contributed by atoms with Crippen LogP contribution in [0.2, 0.25) is 0 Å². The molecule has 0 aromatic carbocycles. The molecular weight excluding hydrogens is 172 g/mol. The molecule has 3 atom stereocenters. The molecule has 0 aromatic heterocycles. The van der Waals surface area contributed by atoms with Crippen LogP contribution in [-0.2, 0) is 9.53 Å². The first-order valence-electron chi connectivity index (χ1n) is 4.47. The number of hydrogen-bond donors (Lipinski definition) is 3. The predicted molar refractivity (Wildman–Crippen MR) is 47.0 cm³/mol. The van der Waals surface area contributed by atoms with Gasteiger partial charge in [0, 0.05) is 0 Å². The van der Waals surface area contributed by atoms with Gasteiger partial charge in [-0.25, -0.2) is 0 Å². The second-order valence-electron chi connectivity index (χ2n) is 3.23. The number of rotatable bonds is 3. The Labute approximate surface area is 77.2 Å². The van der Waals surface area contributed by atoms with E-state index in [1.54, 1.807) is 0 Å². The molecule has 1 aliphatic heterocycles. The highest BCUT2D eigenvalue weighted by molar-refractivity contribution is 5.81. The Bertz CT molecular complexity index is 186. The molecule has 5 nitrogen and oxygen atoms in total. The topological polar surface area (TPSA) is 84.6 Å². The molecule has 0 saturated carbocycles. The summed E-state index contributed by atoms with van der Waals surface area (Å²) in [7, 11) is 0. The van der Waals surface area contributed by atoms with E-state index >= 15 is 0 Å². The van der Waals surface area contributed by atoms with E-state index in [1.165, 1.54) is 0 Å². The van der Waals surface area contributed by atoms with Gasteiger partial charge in [0.2, 0.25) is 5.91 Å². The zero-order chi connectivity index (χ0) is 9.84. The number of ether oxygens (including phenoxy) is 1. The number of nitrogens with two attached hydrogens (primary N) is 1. The molecule has 5 heteroatoms. The Hall–Kier alpha value is -0.650. The standard InChI is InChI=1S/C8H16N2O3/c1-2-5(9)8(12)10-6-3-13-4-7(6)11/h5-7,11H,2-4,9H2,1H3,(H,10,12). The minimum Gasteiger partial charge on any atom is -0.388 e. The third kappa shape index (κ3) is 2.65. The largest absolute Gasteiger partial charge is 0.388 e. The van der Waals surface area contributed by atoms with Crippen LogP contribution < -0.4 is 11.1 Å². The molecule has 1 rings (SSSR count). The molecular formula is C8H16N2O3. The van der Waals surface area contributed by atoms with E-state index in [-0.39, 0.29) is 18.6 Å². The summed E-state index contributed by atoms with van der Waals surface area (Å²) < 4.78 is 4.98. The predicted octanol–water partition coefficient (Wildman–Crippen LogP) is -1.40. The van der Waals surface area contributed by atoms with Gasteiger partial charge in [0.05, 0.1) is 31.4 Å². The molecule has 1 fully saturated rings. The normalized spacial score (nSPS) is 30.1. The SMILES string of the molecule is CCC(N)C(=O)NC1COCC1O. The molecule has 0 bridgehead atoms. The average molecular weight is 188 g/mol. The van der Waals surface area contributed by atoms with Crippen LogP contribution in [0.25, 0.3) is 0 Å². The highest BCUT2D eigenvalue weighted by atomic mass is 16.5. The molecule has 1 aliphatic rings. The second kappa shape index (κ2) is 4.55. The van der Waals surface area contributed by atoms with E-state index in [2.05, 4.69) is 5.32 Å². The molecule has 0 radical (unpaired) electrons. The van der Waals surface area contributed by atoms with Crippen LogP contribution in [0.5, 0.6) is 0 Å². The summed E-state index contributed by atoms with van der Waals surface area (Å²) >= 11 is 0. The number of carbonyl (C=O) groups excluding carboxylic acids is 1. The zero-order valence-electron chi connectivity index (χ0n) is 7.69. The lowest BCUT2D eigenvalue weighted by Crippen LogP contribution is -2.49. The van der Waals surface area contributed by atoms with Crippen molar-refractivity contribution in [2.75, 3.05) is 13.2 Å². The van der Waals surface area contributed by atoms with Gasteiger partial charge in [-0.2, -0.15) is 0 Å². The molecule has 3 unspecified atom stereocenters. The Balaban J connectivity index is 2.35. The van der Waals surface area contributed by atoms with Crippen molar-refractivity contribution in [3.8, 4) is 0 Å². The first-order valence-corrected chi connectivity index (χ1v) is 4.47. The van der Waals surface area contributed by atoms with Crippen LogP contribution in [0.1, 0.15) is 13.3 Å². The molecule has 0 spiro atoms. The van der Waals surface area contributed by atoms with Crippen molar-refractivity contribution in [1.29, 1.82) is 0 Å². The van der Waals surface area contributed by atoms with E-state index in [0.717, 1.165) is 0 Å². The van der Waals surface area contributed by atoms with Crippen molar-refractivity contribution in [1.82, 2.24) is 5.32 Å². The fourth-order valence-corrected chi connectivity index (χ4v) is 1.16. The van der Waals surface area contributed by atoms with Crippen LogP contribution in [0.15, 0.2) is 0 Å². The summed E-state index contributed by atoms with van der Waals surface area (Å²) in [5.41, 5.74) is 5.51. The Morgan fingerprint density at radius 1 is 1.77 bits per heavy atom. The van der Waals surface area contributed by atoms with Crippen LogP contribution in [0.3, 0.4) is 0 Å². The highest BCUT2D eigenvalue weighted by Crippen LogP contribution is 2.05. The number of aliphatic hydroxyl groups is 1. The lowest BCUT2D eigenvalue weighted by atomic mass is 10.1. The van der Waals surface area contributed by atoms with Crippen LogP contribution in [-0.4, -0.2) is 42.4 Å². The number of nitrogens with one attached hydrogen (secondary N) is 1. The number of aliphatic hydroxyl groups excluding tert-OH is 1. The third-order valence-electron chi connectivity index (χ3n) is 2.15. The first kappa shape index (κ1) is 10.4. The number of amides is 1. The summed E-state index contributed by atoms with van der Waals surface area (Å²) in [6.07, 6.45) is -0.0109. The maximum Gasteiger partial charge on any atom is 0.237 e. The van der Waals surface area contributed by atoms with Gasteiger partial charge in [0.25, 0.3) is 0 Å². The van der Waals surface area contributed by atoms with Crippen LogP contribution in [0, 0.1) is 0 Å². The molecule has 0 aromatic rings. The van der Waals surface area contributed by atoms with E-state index < -0.39 is 12.1 Å². The monoisotopic (exact) mass is 188 g/mol. The second-order valence-corrected chi connectivity index (χ2v) is 3.23. The number of carbonyl (C=O) groups is 1. The van der Waals surface area contributed by atoms with Crippen molar-refractivity contribution in [3.05, 3.63) is 0 Å². The van der Waals surface area contributed by atoms with Crippen LogP contribution >= 0.6 is 0 Å². The average Bonchev–Trinajstić information content (AvgIpc) is 2.50. The minimum atomic E-state index is -0.604. The van der Waals surface area contributed by atoms with Crippen molar-refractivity contribution < 1.29 is 14.6 Å². The molecule has 4 N–H and O–H groups in total. The van der Waals surface area contributed by atoms with Gasteiger partial charge in [-0.3, -0.25) is 4.79 Å². The van der Waals surface area contributed by atoms with Crippen LogP contribution in [0.4, 0.5) is 0 Å². The van der Waals surface area contributed by atoms with Crippen molar-refractivity contribution >= 4 is 5.91 Å². The molecule has 1 heterocycles. The summed E-state index contributed by atoms with van der Waals surface area (Å²) in [5, 5.41) is 12.0. The Morgan fingerprint density at radius 3 is 2.92 bits per heavy atom. The fourth-order valence-electron chi connectivity index (χ4n) is 1.16. The summed E-state index contributed by atoms with van der Waals surface area (Å²) in [6.45, 7) is 2.49. The third-order valence-corrected chi connectivity index (χ3v) is 2.15. The van der Waals surface area contributed by atoms with Gasteiger partial charge in [-0.05, 0) is 6.42 Å². The first-order chi connectivity index (χ1) is 6.15. The Kier molecular flexibility index (Phi) is 3.65. The summed E-state index contributed by atoms with van der Waals surface area (Å²) in [6, 6.07) is -0.794. The van der Waals surface area contributed by atoms with Crippen molar-refractivity contribution in [3.63, 3.8) is 0 Å². The molecule has 76 valence electrons. The zero-order valence-corrected chi connectivity index (χ0v) is 7.69. The molecule has 0 aliphatic carbocycles.